The average molecular weight is 214 g/mol. The van der Waals surface area contributed by atoms with Crippen LogP contribution in [-0.4, -0.2) is 0 Å². The highest BCUT2D eigenvalue weighted by molar-refractivity contribution is 9.10. The van der Waals surface area contributed by atoms with Crippen molar-refractivity contribution in [2.75, 3.05) is 0 Å². The van der Waals surface area contributed by atoms with Gasteiger partial charge in [-0.05, 0) is 40.5 Å². The molecule has 1 aromatic carbocycles. The van der Waals surface area contributed by atoms with Crippen LogP contribution < -0.4 is 0 Å². The van der Waals surface area contributed by atoms with E-state index in [-0.39, 0.29) is 5.82 Å². The zero-order chi connectivity index (χ0) is 8.43. The van der Waals surface area contributed by atoms with Crippen LogP contribution in [0, 0.1) is 19.3 Å². The van der Waals surface area contributed by atoms with Crippen LogP contribution in [0.5, 0.6) is 0 Å². The van der Waals surface area contributed by atoms with Crippen molar-refractivity contribution in [3.05, 3.63) is 39.4 Å². The Morgan fingerprint density at radius 1 is 1.55 bits per heavy atom. The zero-order valence-corrected chi connectivity index (χ0v) is 7.44. The SMILES string of the molecule is [C-]#[N+]c1cc(Br)c(F)cc1C. The molecule has 1 rings (SSSR count). The van der Waals surface area contributed by atoms with Gasteiger partial charge in [-0.3, -0.25) is 0 Å². The standard InChI is InChI=1S/C8H5BrFN/c1-5-3-7(10)6(9)4-8(5)11-2/h3-4H,1H3. The Bertz CT molecular complexity index is 328. The van der Waals surface area contributed by atoms with Crippen molar-refractivity contribution in [1.29, 1.82) is 0 Å². The van der Waals surface area contributed by atoms with E-state index in [4.69, 9.17) is 6.57 Å². The maximum absolute atomic E-state index is 12.7. The van der Waals surface area contributed by atoms with E-state index in [1.807, 2.05) is 0 Å². The lowest BCUT2D eigenvalue weighted by Crippen LogP contribution is -1.79. The summed E-state index contributed by atoms with van der Waals surface area (Å²) in [5.74, 6) is -0.324. The highest BCUT2D eigenvalue weighted by Gasteiger charge is 2.03. The van der Waals surface area contributed by atoms with E-state index in [1.54, 1.807) is 6.92 Å². The summed E-state index contributed by atoms with van der Waals surface area (Å²) in [6.45, 7) is 8.44. The number of hydrogen-bond donors (Lipinski definition) is 0. The van der Waals surface area contributed by atoms with E-state index >= 15 is 0 Å². The molecule has 0 aliphatic heterocycles. The first kappa shape index (κ1) is 8.22. The minimum Gasteiger partial charge on any atom is -0.238 e. The highest BCUT2D eigenvalue weighted by Crippen LogP contribution is 2.25. The van der Waals surface area contributed by atoms with E-state index in [0.29, 0.717) is 15.7 Å². The number of aryl methyl sites for hydroxylation is 1. The maximum atomic E-state index is 12.7. The Labute approximate surface area is 72.8 Å². The smallest absolute Gasteiger partial charge is 0.191 e. The van der Waals surface area contributed by atoms with Gasteiger partial charge in [0, 0.05) is 4.47 Å². The molecule has 0 unspecified atom stereocenters. The van der Waals surface area contributed by atoms with E-state index in [9.17, 15) is 4.39 Å². The van der Waals surface area contributed by atoms with E-state index in [0.717, 1.165) is 0 Å². The van der Waals surface area contributed by atoms with Gasteiger partial charge < -0.3 is 0 Å². The summed E-state index contributed by atoms with van der Waals surface area (Å²) in [7, 11) is 0. The molecule has 0 fully saturated rings. The van der Waals surface area contributed by atoms with Gasteiger partial charge in [0.15, 0.2) is 5.69 Å². The van der Waals surface area contributed by atoms with Gasteiger partial charge in [-0.25, -0.2) is 9.24 Å². The first-order valence-electron chi connectivity index (χ1n) is 2.98. The van der Waals surface area contributed by atoms with E-state index in [1.165, 1.54) is 12.1 Å². The summed E-state index contributed by atoms with van der Waals surface area (Å²) >= 11 is 3.00. The van der Waals surface area contributed by atoms with Crippen molar-refractivity contribution in [2.24, 2.45) is 0 Å². The Morgan fingerprint density at radius 3 is 2.73 bits per heavy atom. The number of halogens is 2. The van der Waals surface area contributed by atoms with Crippen LogP contribution >= 0.6 is 15.9 Å². The summed E-state index contributed by atoms with van der Waals surface area (Å²) in [6, 6.07) is 2.83. The average Bonchev–Trinajstić information content (AvgIpc) is 1.97. The fraction of sp³-hybridized carbons (Fsp3) is 0.125. The van der Waals surface area contributed by atoms with Gasteiger partial charge in [-0.1, -0.05) is 0 Å². The Kier molecular flexibility index (Phi) is 2.25. The normalized spacial score (nSPS) is 9.27. The molecule has 0 aliphatic rings. The fourth-order valence-electron chi connectivity index (χ4n) is 0.756. The Morgan fingerprint density at radius 2 is 2.18 bits per heavy atom. The van der Waals surface area contributed by atoms with Gasteiger partial charge in [0.05, 0.1) is 6.57 Å². The molecule has 0 bridgehead atoms. The van der Waals surface area contributed by atoms with Crippen molar-refractivity contribution in [1.82, 2.24) is 0 Å². The van der Waals surface area contributed by atoms with Crippen molar-refractivity contribution >= 4 is 21.6 Å². The number of benzene rings is 1. The van der Waals surface area contributed by atoms with Gasteiger partial charge in [-0.15, -0.1) is 0 Å². The molecule has 1 nitrogen and oxygen atoms in total. The first-order valence-corrected chi connectivity index (χ1v) is 3.77. The summed E-state index contributed by atoms with van der Waals surface area (Å²) in [5.41, 5.74) is 1.15. The molecule has 0 aliphatic carbocycles. The third-order valence-electron chi connectivity index (χ3n) is 1.36. The molecule has 0 saturated carbocycles. The summed E-state index contributed by atoms with van der Waals surface area (Å²) < 4.78 is 13.1. The largest absolute Gasteiger partial charge is 0.238 e. The topological polar surface area (TPSA) is 4.36 Å². The molecule has 0 saturated heterocycles. The number of rotatable bonds is 0. The van der Waals surface area contributed by atoms with Gasteiger partial charge in [-0.2, -0.15) is 0 Å². The summed E-state index contributed by atoms with van der Waals surface area (Å²) in [6.07, 6.45) is 0. The molecule has 0 amide bonds. The van der Waals surface area contributed by atoms with Crippen LogP contribution in [0.15, 0.2) is 16.6 Å². The third kappa shape index (κ3) is 1.58. The minimum absolute atomic E-state index is 0.324. The number of hydrogen-bond acceptors (Lipinski definition) is 0. The second-order valence-corrected chi connectivity index (χ2v) is 3.02. The monoisotopic (exact) mass is 213 g/mol. The van der Waals surface area contributed by atoms with Gasteiger partial charge >= 0.3 is 0 Å². The molecule has 0 aromatic heterocycles. The Hall–Kier alpha value is -0.880. The maximum Gasteiger partial charge on any atom is 0.191 e. The second-order valence-electron chi connectivity index (χ2n) is 2.16. The predicted molar refractivity (Wildman–Crippen MR) is 45.1 cm³/mol. The van der Waals surface area contributed by atoms with Crippen LogP contribution in [0.25, 0.3) is 4.85 Å². The molecule has 56 valence electrons. The molecular weight excluding hydrogens is 209 g/mol. The molecule has 0 atom stereocenters. The lowest BCUT2D eigenvalue weighted by Gasteiger charge is -1.98. The van der Waals surface area contributed by atoms with Crippen molar-refractivity contribution < 1.29 is 4.39 Å². The lowest BCUT2D eigenvalue weighted by molar-refractivity contribution is 0.620. The molecule has 3 heteroatoms. The third-order valence-corrected chi connectivity index (χ3v) is 1.97. The minimum atomic E-state index is -0.324. The van der Waals surface area contributed by atoms with Crippen LogP contribution in [-0.2, 0) is 0 Å². The quantitative estimate of drug-likeness (QED) is 0.582. The summed E-state index contributed by atoms with van der Waals surface area (Å²) in [4.78, 5) is 3.23. The van der Waals surface area contributed by atoms with Crippen LogP contribution in [0.4, 0.5) is 10.1 Å². The fourth-order valence-corrected chi connectivity index (χ4v) is 1.09. The molecule has 0 heterocycles. The van der Waals surface area contributed by atoms with Crippen molar-refractivity contribution in [3.8, 4) is 0 Å². The van der Waals surface area contributed by atoms with E-state index in [2.05, 4.69) is 20.8 Å². The molecule has 0 N–H and O–H groups in total. The Balaban J connectivity index is 3.35. The van der Waals surface area contributed by atoms with Gasteiger partial charge in [0.25, 0.3) is 0 Å². The van der Waals surface area contributed by atoms with Crippen molar-refractivity contribution in [3.63, 3.8) is 0 Å². The molecule has 0 spiro atoms. The molecule has 1 aromatic rings. The van der Waals surface area contributed by atoms with Crippen LogP contribution in [0.2, 0.25) is 0 Å². The molecule has 11 heavy (non-hydrogen) atoms. The van der Waals surface area contributed by atoms with Crippen LogP contribution in [0.3, 0.4) is 0 Å². The van der Waals surface area contributed by atoms with Crippen molar-refractivity contribution in [2.45, 2.75) is 6.92 Å². The first-order chi connectivity index (χ1) is 5.15. The van der Waals surface area contributed by atoms with Gasteiger partial charge in [0.1, 0.15) is 5.82 Å². The molecule has 0 radical (unpaired) electrons. The number of nitrogens with zero attached hydrogens (tertiary/aromatic N) is 1. The van der Waals surface area contributed by atoms with Gasteiger partial charge in [0.2, 0.25) is 0 Å². The molecular formula is C8H5BrFN. The zero-order valence-electron chi connectivity index (χ0n) is 5.86. The second kappa shape index (κ2) is 3.02. The predicted octanol–water partition coefficient (Wildman–Crippen LogP) is 3.45. The highest BCUT2D eigenvalue weighted by atomic mass is 79.9. The van der Waals surface area contributed by atoms with Crippen LogP contribution in [0.1, 0.15) is 5.56 Å². The lowest BCUT2D eigenvalue weighted by atomic mass is 10.2. The van der Waals surface area contributed by atoms with E-state index < -0.39 is 0 Å². The summed E-state index contributed by atoms with van der Waals surface area (Å²) in [5, 5.41) is 0.